The summed E-state index contributed by atoms with van der Waals surface area (Å²) in [5, 5.41) is 3.76. The van der Waals surface area contributed by atoms with Crippen LogP contribution in [0.4, 0.5) is 0 Å². The van der Waals surface area contributed by atoms with Crippen molar-refractivity contribution < 1.29 is 4.74 Å². The fourth-order valence-corrected chi connectivity index (χ4v) is 3.21. The normalized spacial score (nSPS) is 22.6. The van der Waals surface area contributed by atoms with Gasteiger partial charge in [0.15, 0.2) is 0 Å². The van der Waals surface area contributed by atoms with E-state index in [4.69, 9.17) is 4.74 Å². The number of nitrogens with one attached hydrogen (secondary N) is 1. The molecule has 1 aliphatic carbocycles. The third-order valence-electron chi connectivity index (χ3n) is 4.32. The van der Waals surface area contributed by atoms with Gasteiger partial charge in [0.05, 0.1) is 5.60 Å². The van der Waals surface area contributed by atoms with Crippen LogP contribution in [-0.4, -0.2) is 24.8 Å². The van der Waals surface area contributed by atoms with Crippen molar-refractivity contribution in [2.75, 3.05) is 13.2 Å². The minimum atomic E-state index is 0.0128. The highest BCUT2D eigenvalue weighted by Crippen LogP contribution is 2.35. The lowest BCUT2D eigenvalue weighted by atomic mass is 9.82. The van der Waals surface area contributed by atoms with Gasteiger partial charge in [-0.05, 0) is 52.0 Å². The molecule has 2 unspecified atom stereocenters. The lowest BCUT2D eigenvalue weighted by molar-refractivity contribution is -0.0686. The molecule has 1 aliphatic rings. The lowest BCUT2D eigenvalue weighted by Crippen LogP contribution is -2.54. The Hall–Kier alpha value is -0.0800. The Kier molecular flexibility index (Phi) is 6.50. The highest BCUT2D eigenvalue weighted by Gasteiger charge is 2.39. The van der Waals surface area contributed by atoms with Gasteiger partial charge in [0, 0.05) is 12.6 Å². The highest BCUT2D eigenvalue weighted by atomic mass is 16.5. The average Bonchev–Trinajstić information content (AvgIpc) is 2.83. The smallest absolute Gasteiger partial charge is 0.0806 e. The fraction of sp³-hybridized carbons (Fsp3) is 1.00. The second-order valence-corrected chi connectivity index (χ2v) is 5.58. The number of hydrogen-bond acceptors (Lipinski definition) is 2. The fourth-order valence-electron chi connectivity index (χ4n) is 3.21. The van der Waals surface area contributed by atoms with Crippen LogP contribution in [0.1, 0.15) is 66.2 Å². The van der Waals surface area contributed by atoms with Crippen LogP contribution in [0.5, 0.6) is 0 Å². The second-order valence-electron chi connectivity index (χ2n) is 5.58. The first-order valence-electron chi connectivity index (χ1n) is 7.55. The lowest BCUT2D eigenvalue weighted by Gasteiger charge is -2.41. The molecule has 2 heteroatoms. The number of ether oxygens (including phenoxy) is 1. The minimum Gasteiger partial charge on any atom is -0.374 e. The van der Waals surface area contributed by atoms with E-state index in [1.165, 1.54) is 32.1 Å². The van der Waals surface area contributed by atoms with Crippen LogP contribution in [0.3, 0.4) is 0 Å². The Morgan fingerprint density at radius 1 is 1.24 bits per heavy atom. The Morgan fingerprint density at radius 2 is 1.88 bits per heavy atom. The molecule has 0 aromatic heterocycles. The molecular weight excluding hydrogens is 210 g/mol. The summed E-state index contributed by atoms with van der Waals surface area (Å²) in [6, 6.07) is 0.537. The topological polar surface area (TPSA) is 21.3 Å². The van der Waals surface area contributed by atoms with E-state index in [9.17, 15) is 0 Å². The van der Waals surface area contributed by atoms with Gasteiger partial charge in [-0.25, -0.2) is 0 Å². The Morgan fingerprint density at radius 3 is 2.35 bits per heavy atom. The maximum absolute atomic E-state index is 6.09. The van der Waals surface area contributed by atoms with Gasteiger partial charge in [-0.3, -0.25) is 0 Å². The Balaban J connectivity index is 2.70. The third kappa shape index (κ3) is 3.96. The summed E-state index contributed by atoms with van der Waals surface area (Å²) in [7, 11) is 0. The van der Waals surface area contributed by atoms with Crippen LogP contribution < -0.4 is 5.32 Å². The standard InChI is InChI=1S/C15H31NO/c1-5-12-16-14(13-10-8-9-11-13)15(4,6-2)17-7-3/h13-14,16H,5-12H2,1-4H3. The molecule has 0 spiro atoms. The van der Waals surface area contributed by atoms with Crippen LogP contribution in [0.25, 0.3) is 0 Å². The first kappa shape index (κ1) is 15.0. The van der Waals surface area contributed by atoms with Gasteiger partial charge in [0.2, 0.25) is 0 Å². The largest absolute Gasteiger partial charge is 0.374 e. The van der Waals surface area contributed by atoms with Crippen molar-refractivity contribution in [3.63, 3.8) is 0 Å². The van der Waals surface area contributed by atoms with Crippen molar-refractivity contribution in [3.05, 3.63) is 0 Å². The summed E-state index contributed by atoms with van der Waals surface area (Å²) in [4.78, 5) is 0. The molecule has 1 rings (SSSR count). The quantitative estimate of drug-likeness (QED) is 0.699. The Labute approximate surface area is 108 Å². The monoisotopic (exact) mass is 241 g/mol. The average molecular weight is 241 g/mol. The van der Waals surface area contributed by atoms with Crippen molar-refractivity contribution in [2.45, 2.75) is 77.9 Å². The van der Waals surface area contributed by atoms with Gasteiger partial charge in [0.25, 0.3) is 0 Å². The summed E-state index contributed by atoms with van der Waals surface area (Å²) in [5.74, 6) is 0.818. The van der Waals surface area contributed by atoms with Gasteiger partial charge < -0.3 is 10.1 Å². The molecule has 1 saturated carbocycles. The summed E-state index contributed by atoms with van der Waals surface area (Å²) in [5.41, 5.74) is 0.0128. The molecule has 0 heterocycles. The van der Waals surface area contributed by atoms with Crippen LogP contribution in [-0.2, 0) is 4.74 Å². The van der Waals surface area contributed by atoms with E-state index in [1.54, 1.807) is 0 Å². The van der Waals surface area contributed by atoms with Gasteiger partial charge in [-0.15, -0.1) is 0 Å². The molecule has 2 atom stereocenters. The molecule has 1 N–H and O–H groups in total. The molecule has 0 aromatic carbocycles. The summed E-state index contributed by atoms with van der Waals surface area (Å²) in [6.07, 6.45) is 7.86. The molecule has 102 valence electrons. The first-order valence-corrected chi connectivity index (χ1v) is 7.55. The van der Waals surface area contributed by atoms with Gasteiger partial charge in [0.1, 0.15) is 0 Å². The zero-order valence-corrected chi connectivity index (χ0v) is 12.2. The zero-order chi connectivity index (χ0) is 12.7. The van der Waals surface area contributed by atoms with E-state index in [0.717, 1.165) is 25.5 Å². The van der Waals surface area contributed by atoms with Crippen LogP contribution in [0.2, 0.25) is 0 Å². The molecule has 0 aromatic rings. The summed E-state index contributed by atoms with van der Waals surface area (Å²) < 4.78 is 6.09. The third-order valence-corrected chi connectivity index (χ3v) is 4.32. The predicted molar refractivity (Wildman–Crippen MR) is 74.4 cm³/mol. The van der Waals surface area contributed by atoms with Crippen molar-refractivity contribution >= 4 is 0 Å². The van der Waals surface area contributed by atoms with Crippen molar-refractivity contribution in [1.29, 1.82) is 0 Å². The SMILES string of the molecule is CCCNC(C1CCCC1)C(C)(CC)OCC. The molecule has 0 radical (unpaired) electrons. The van der Waals surface area contributed by atoms with E-state index in [2.05, 4.69) is 33.0 Å². The van der Waals surface area contributed by atoms with E-state index < -0.39 is 0 Å². The number of rotatable bonds is 8. The molecule has 0 aliphatic heterocycles. The van der Waals surface area contributed by atoms with Crippen LogP contribution in [0.15, 0.2) is 0 Å². The molecule has 0 bridgehead atoms. The maximum atomic E-state index is 6.09. The van der Waals surface area contributed by atoms with E-state index in [1.807, 2.05) is 0 Å². The zero-order valence-electron chi connectivity index (χ0n) is 12.2. The predicted octanol–water partition coefficient (Wildman–Crippen LogP) is 3.75. The maximum Gasteiger partial charge on any atom is 0.0806 e. The molecular formula is C15H31NO. The van der Waals surface area contributed by atoms with Gasteiger partial charge >= 0.3 is 0 Å². The highest BCUT2D eigenvalue weighted by molar-refractivity contribution is 4.94. The van der Waals surface area contributed by atoms with E-state index in [-0.39, 0.29) is 5.60 Å². The Bertz CT molecular complexity index is 201. The van der Waals surface area contributed by atoms with Crippen molar-refractivity contribution in [1.82, 2.24) is 5.32 Å². The molecule has 0 amide bonds. The summed E-state index contributed by atoms with van der Waals surface area (Å²) >= 11 is 0. The minimum absolute atomic E-state index is 0.0128. The first-order chi connectivity index (χ1) is 8.18. The van der Waals surface area contributed by atoms with Crippen LogP contribution in [0, 0.1) is 5.92 Å². The molecule has 17 heavy (non-hydrogen) atoms. The summed E-state index contributed by atoms with van der Waals surface area (Å²) in [6.45, 7) is 10.8. The molecule has 0 saturated heterocycles. The van der Waals surface area contributed by atoms with Crippen molar-refractivity contribution in [2.24, 2.45) is 5.92 Å². The molecule has 2 nitrogen and oxygen atoms in total. The van der Waals surface area contributed by atoms with Gasteiger partial charge in [-0.2, -0.15) is 0 Å². The van der Waals surface area contributed by atoms with E-state index >= 15 is 0 Å². The van der Waals surface area contributed by atoms with Gasteiger partial charge in [-0.1, -0.05) is 26.7 Å². The van der Waals surface area contributed by atoms with E-state index in [0.29, 0.717) is 6.04 Å². The van der Waals surface area contributed by atoms with Crippen LogP contribution >= 0.6 is 0 Å². The second kappa shape index (κ2) is 7.38. The number of hydrogen-bond donors (Lipinski definition) is 1. The molecule has 1 fully saturated rings. The van der Waals surface area contributed by atoms with Crippen molar-refractivity contribution in [3.8, 4) is 0 Å².